The lowest BCUT2D eigenvalue weighted by molar-refractivity contribution is 0.455. The maximum Gasteiger partial charge on any atom is 0.504 e. The molecule has 0 aliphatic rings. The van der Waals surface area contributed by atoms with Gasteiger partial charge in [-0.2, -0.15) is 0 Å². The average Bonchev–Trinajstić information content (AvgIpc) is 2.57. The first-order valence-corrected chi connectivity index (χ1v) is 6.87. The van der Waals surface area contributed by atoms with Gasteiger partial charge in [-0.3, -0.25) is 0 Å². The molecule has 0 saturated carbocycles. The summed E-state index contributed by atoms with van der Waals surface area (Å²) in [5.41, 5.74) is 4.09. The molecule has 0 bridgehead atoms. The summed E-state index contributed by atoms with van der Waals surface area (Å²) in [5.74, 6) is 0.706. The molecular formula is C18H15BO2. The Morgan fingerprint density at radius 2 is 1.10 bits per heavy atom. The summed E-state index contributed by atoms with van der Waals surface area (Å²) in [6.07, 6.45) is 0. The van der Waals surface area contributed by atoms with Crippen molar-refractivity contribution in [2.24, 2.45) is 0 Å². The summed E-state index contributed by atoms with van der Waals surface area (Å²) in [5, 5.41) is 9.24. The Kier molecular flexibility index (Phi) is 4.03. The SMILES string of the molecule is OBOc1c(-c2ccccc2)cccc1-c1ccccc1. The van der Waals surface area contributed by atoms with Crippen LogP contribution >= 0.6 is 0 Å². The zero-order valence-corrected chi connectivity index (χ0v) is 11.6. The molecule has 21 heavy (non-hydrogen) atoms. The first kappa shape index (κ1) is 13.5. The highest BCUT2D eigenvalue weighted by Crippen LogP contribution is 2.38. The normalized spacial score (nSPS) is 10.1. The highest BCUT2D eigenvalue weighted by atomic mass is 16.5. The Balaban J connectivity index is 2.18. The van der Waals surface area contributed by atoms with Gasteiger partial charge >= 0.3 is 7.69 Å². The Labute approximate surface area is 125 Å². The lowest BCUT2D eigenvalue weighted by Gasteiger charge is -2.15. The van der Waals surface area contributed by atoms with Crippen LogP contribution in [0, 0.1) is 0 Å². The van der Waals surface area contributed by atoms with E-state index in [2.05, 4.69) is 0 Å². The van der Waals surface area contributed by atoms with Crippen LogP contribution in [0.1, 0.15) is 0 Å². The second-order valence-electron chi connectivity index (χ2n) is 4.69. The van der Waals surface area contributed by atoms with E-state index in [0.717, 1.165) is 22.3 Å². The van der Waals surface area contributed by atoms with Crippen LogP contribution in [0.3, 0.4) is 0 Å². The minimum Gasteiger partial charge on any atom is -0.538 e. The second kappa shape index (κ2) is 6.29. The van der Waals surface area contributed by atoms with E-state index >= 15 is 0 Å². The van der Waals surface area contributed by atoms with Crippen molar-refractivity contribution in [1.82, 2.24) is 0 Å². The standard InChI is InChI=1S/C18H15BO2/c20-19-21-18-16(14-8-3-1-4-9-14)12-7-13-17(18)15-10-5-2-6-11-15/h1-13,19-20H. The minimum absolute atomic E-state index is 0.344. The predicted octanol–water partition coefficient (Wildman–Crippen LogP) is 3.66. The van der Waals surface area contributed by atoms with Crippen molar-refractivity contribution in [3.63, 3.8) is 0 Å². The van der Waals surface area contributed by atoms with Gasteiger partial charge in [0.25, 0.3) is 0 Å². The summed E-state index contributed by atoms with van der Waals surface area (Å²) in [4.78, 5) is 0. The summed E-state index contributed by atoms with van der Waals surface area (Å²) in [7, 11) is -0.344. The zero-order chi connectivity index (χ0) is 14.5. The Morgan fingerprint density at radius 1 is 0.619 bits per heavy atom. The van der Waals surface area contributed by atoms with Crippen molar-refractivity contribution in [3.05, 3.63) is 78.9 Å². The molecule has 0 unspecified atom stereocenters. The van der Waals surface area contributed by atoms with E-state index in [4.69, 9.17) is 4.65 Å². The fourth-order valence-electron chi connectivity index (χ4n) is 2.45. The lowest BCUT2D eigenvalue weighted by Crippen LogP contribution is -2.03. The van der Waals surface area contributed by atoms with Gasteiger partial charge < -0.3 is 9.68 Å². The first-order valence-electron chi connectivity index (χ1n) is 6.87. The van der Waals surface area contributed by atoms with Crippen molar-refractivity contribution in [2.75, 3.05) is 0 Å². The van der Waals surface area contributed by atoms with E-state index in [0.29, 0.717) is 5.75 Å². The average molecular weight is 274 g/mol. The highest BCUT2D eigenvalue weighted by molar-refractivity contribution is 6.18. The van der Waals surface area contributed by atoms with Gasteiger partial charge in [-0.25, -0.2) is 0 Å². The smallest absolute Gasteiger partial charge is 0.504 e. The lowest BCUT2D eigenvalue weighted by atomic mass is 9.97. The summed E-state index contributed by atoms with van der Waals surface area (Å²) in [6.45, 7) is 0. The molecular weight excluding hydrogens is 259 g/mol. The Morgan fingerprint density at radius 3 is 1.52 bits per heavy atom. The van der Waals surface area contributed by atoms with Gasteiger partial charge in [-0.15, -0.1) is 0 Å². The first-order chi connectivity index (χ1) is 10.4. The Hall–Kier alpha value is -2.52. The summed E-state index contributed by atoms with van der Waals surface area (Å²) >= 11 is 0. The third kappa shape index (κ3) is 2.83. The van der Waals surface area contributed by atoms with Crippen molar-refractivity contribution in [2.45, 2.75) is 0 Å². The molecule has 2 nitrogen and oxygen atoms in total. The van der Waals surface area contributed by atoms with Crippen LogP contribution < -0.4 is 4.65 Å². The molecule has 102 valence electrons. The van der Waals surface area contributed by atoms with E-state index < -0.39 is 0 Å². The van der Waals surface area contributed by atoms with Crippen molar-refractivity contribution < 1.29 is 9.68 Å². The molecule has 3 heteroatoms. The molecule has 0 amide bonds. The third-order valence-corrected chi connectivity index (χ3v) is 3.39. The molecule has 0 aliphatic heterocycles. The number of benzene rings is 3. The number of rotatable bonds is 4. The fraction of sp³-hybridized carbons (Fsp3) is 0. The molecule has 0 heterocycles. The molecule has 0 saturated heterocycles. The second-order valence-corrected chi connectivity index (χ2v) is 4.69. The molecule has 3 rings (SSSR count). The molecule has 0 aliphatic carbocycles. The molecule has 0 spiro atoms. The number of hydrogen-bond acceptors (Lipinski definition) is 2. The molecule has 0 fully saturated rings. The molecule has 3 aromatic carbocycles. The van der Waals surface area contributed by atoms with Gasteiger partial charge in [0.05, 0.1) is 0 Å². The predicted molar refractivity (Wildman–Crippen MR) is 87.3 cm³/mol. The molecule has 0 atom stereocenters. The van der Waals surface area contributed by atoms with E-state index in [1.54, 1.807) is 0 Å². The maximum atomic E-state index is 9.24. The van der Waals surface area contributed by atoms with Crippen LogP contribution in [0.15, 0.2) is 78.9 Å². The van der Waals surface area contributed by atoms with Crippen LogP contribution in [-0.2, 0) is 0 Å². The molecule has 1 N–H and O–H groups in total. The van der Waals surface area contributed by atoms with Gasteiger partial charge in [0.1, 0.15) is 5.75 Å². The molecule has 0 radical (unpaired) electrons. The monoisotopic (exact) mass is 274 g/mol. The van der Waals surface area contributed by atoms with Gasteiger partial charge in [-0.1, -0.05) is 78.9 Å². The Bertz CT molecular complexity index is 654. The van der Waals surface area contributed by atoms with E-state index in [1.807, 2.05) is 78.9 Å². The number of para-hydroxylation sites is 1. The quantitative estimate of drug-likeness (QED) is 0.736. The van der Waals surface area contributed by atoms with Gasteiger partial charge in [0.2, 0.25) is 0 Å². The summed E-state index contributed by atoms with van der Waals surface area (Å²) in [6, 6.07) is 26.1. The molecule has 0 aromatic heterocycles. The van der Waals surface area contributed by atoms with E-state index in [-0.39, 0.29) is 7.69 Å². The van der Waals surface area contributed by atoms with Crippen molar-refractivity contribution in [3.8, 4) is 28.0 Å². The van der Waals surface area contributed by atoms with Crippen LogP contribution in [0.2, 0.25) is 0 Å². The van der Waals surface area contributed by atoms with E-state index in [1.165, 1.54) is 0 Å². The third-order valence-electron chi connectivity index (χ3n) is 3.39. The minimum atomic E-state index is -0.344. The van der Waals surface area contributed by atoms with Crippen LogP contribution in [0.25, 0.3) is 22.3 Å². The summed E-state index contributed by atoms with van der Waals surface area (Å²) < 4.78 is 5.53. The topological polar surface area (TPSA) is 29.5 Å². The van der Waals surface area contributed by atoms with Gasteiger partial charge in [0, 0.05) is 11.1 Å². The van der Waals surface area contributed by atoms with Crippen LogP contribution in [0.5, 0.6) is 5.75 Å². The zero-order valence-electron chi connectivity index (χ0n) is 11.6. The fourth-order valence-corrected chi connectivity index (χ4v) is 2.45. The van der Waals surface area contributed by atoms with Crippen LogP contribution in [0.4, 0.5) is 0 Å². The largest absolute Gasteiger partial charge is 0.538 e. The van der Waals surface area contributed by atoms with Crippen molar-refractivity contribution in [1.29, 1.82) is 0 Å². The van der Waals surface area contributed by atoms with Gasteiger partial charge in [-0.05, 0) is 11.1 Å². The van der Waals surface area contributed by atoms with Crippen molar-refractivity contribution >= 4 is 7.69 Å². The number of hydrogen-bond donors (Lipinski definition) is 1. The maximum absolute atomic E-state index is 9.24. The highest BCUT2D eigenvalue weighted by Gasteiger charge is 2.12. The van der Waals surface area contributed by atoms with Crippen LogP contribution in [-0.4, -0.2) is 12.7 Å². The molecule has 3 aromatic rings. The van der Waals surface area contributed by atoms with Gasteiger partial charge in [0.15, 0.2) is 0 Å². The van der Waals surface area contributed by atoms with E-state index in [9.17, 15) is 5.02 Å².